The van der Waals surface area contributed by atoms with Crippen LogP contribution in [0.4, 0.5) is 11.4 Å². The van der Waals surface area contributed by atoms with Crippen molar-refractivity contribution in [3.63, 3.8) is 0 Å². The number of anilines is 2. The quantitative estimate of drug-likeness (QED) is 0.488. The number of nitrogens with zero attached hydrogens (tertiary/aromatic N) is 2. The molecule has 0 atom stereocenters. The summed E-state index contributed by atoms with van der Waals surface area (Å²) >= 11 is 0. The van der Waals surface area contributed by atoms with Gasteiger partial charge in [0.05, 0.1) is 5.52 Å². The SMILES string of the molecule is Cc1ccc(C(=O)NC2CCC(Nc3cc(C(C)(C)C)nc4ccccc34)CC2)cc1N(C)C. The highest BCUT2D eigenvalue weighted by Gasteiger charge is 2.24. The lowest BCUT2D eigenvalue weighted by atomic mass is 9.89. The highest BCUT2D eigenvalue weighted by atomic mass is 16.1. The van der Waals surface area contributed by atoms with Crippen molar-refractivity contribution < 1.29 is 4.79 Å². The van der Waals surface area contributed by atoms with Crippen molar-refractivity contribution in [2.45, 2.75) is 70.9 Å². The van der Waals surface area contributed by atoms with E-state index in [4.69, 9.17) is 4.98 Å². The molecule has 0 bridgehead atoms. The van der Waals surface area contributed by atoms with Crippen LogP contribution in [0.15, 0.2) is 48.5 Å². The van der Waals surface area contributed by atoms with Crippen LogP contribution in [0.5, 0.6) is 0 Å². The Balaban J connectivity index is 1.41. The zero-order valence-corrected chi connectivity index (χ0v) is 21.4. The number of amides is 1. The first-order valence-corrected chi connectivity index (χ1v) is 12.4. The summed E-state index contributed by atoms with van der Waals surface area (Å²) in [5.74, 6) is 0.0226. The highest BCUT2D eigenvalue weighted by molar-refractivity contribution is 5.95. The lowest BCUT2D eigenvalue weighted by molar-refractivity contribution is 0.0926. The molecular weight excluding hydrogens is 420 g/mol. The summed E-state index contributed by atoms with van der Waals surface area (Å²) in [6, 6.07) is 17.1. The first-order chi connectivity index (χ1) is 16.1. The van der Waals surface area contributed by atoms with E-state index in [1.54, 1.807) is 0 Å². The van der Waals surface area contributed by atoms with Gasteiger partial charge in [0.15, 0.2) is 0 Å². The Kier molecular flexibility index (Phi) is 6.83. The number of rotatable bonds is 5. The zero-order valence-electron chi connectivity index (χ0n) is 21.4. The molecule has 1 aliphatic carbocycles. The van der Waals surface area contributed by atoms with Gasteiger partial charge in [-0.2, -0.15) is 0 Å². The van der Waals surface area contributed by atoms with Gasteiger partial charge < -0.3 is 15.5 Å². The molecule has 0 saturated heterocycles. The van der Waals surface area contributed by atoms with Gasteiger partial charge >= 0.3 is 0 Å². The minimum Gasteiger partial charge on any atom is -0.382 e. The van der Waals surface area contributed by atoms with E-state index in [1.165, 1.54) is 16.6 Å². The third kappa shape index (κ3) is 5.35. The van der Waals surface area contributed by atoms with Crippen molar-refractivity contribution in [3.05, 3.63) is 65.4 Å². The van der Waals surface area contributed by atoms with E-state index in [-0.39, 0.29) is 17.4 Å². The maximum Gasteiger partial charge on any atom is 0.251 e. The molecule has 3 aromatic rings. The van der Waals surface area contributed by atoms with Crippen LogP contribution < -0.4 is 15.5 Å². The Morgan fingerprint density at radius 1 is 0.971 bits per heavy atom. The maximum atomic E-state index is 12.9. The predicted octanol–water partition coefficient (Wildman–Crippen LogP) is 6.06. The summed E-state index contributed by atoms with van der Waals surface area (Å²) in [6.45, 7) is 8.69. The van der Waals surface area contributed by atoms with Crippen LogP contribution in [0.1, 0.15) is 68.1 Å². The molecule has 1 fully saturated rings. The average molecular weight is 459 g/mol. The molecule has 1 saturated carbocycles. The minimum absolute atomic E-state index is 0.00910. The number of carbonyl (C=O) groups is 1. The van der Waals surface area contributed by atoms with E-state index in [2.05, 4.69) is 73.6 Å². The number of aromatic nitrogens is 1. The molecule has 0 aliphatic heterocycles. The molecule has 0 radical (unpaired) electrons. The molecule has 2 aromatic carbocycles. The molecule has 180 valence electrons. The van der Waals surface area contributed by atoms with Crippen LogP contribution in [0, 0.1) is 6.92 Å². The topological polar surface area (TPSA) is 57.3 Å². The summed E-state index contributed by atoms with van der Waals surface area (Å²) < 4.78 is 0. The van der Waals surface area contributed by atoms with Crippen molar-refractivity contribution in [1.29, 1.82) is 0 Å². The molecule has 5 nitrogen and oxygen atoms in total. The van der Waals surface area contributed by atoms with Crippen LogP contribution >= 0.6 is 0 Å². The number of para-hydroxylation sites is 1. The van der Waals surface area contributed by atoms with Gasteiger partial charge in [0.25, 0.3) is 5.91 Å². The number of hydrogen-bond donors (Lipinski definition) is 2. The number of fused-ring (bicyclic) bond motifs is 1. The average Bonchev–Trinajstić information content (AvgIpc) is 2.79. The maximum absolute atomic E-state index is 12.9. The summed E-state index contributed by atoms with van der Waals surface area (Å²) in [5, 5.41) is 8.25. The molecule has 5 heteroatoms. The number of aryl methyl sites for hydroxylation is 1. The Morgan fingerprint density at radius 3 is 2.32 bits per heavy atom. The summed E-state index contributed by atoms with van der Waals surface area (Å²) in [4.78, 5) is 19.9. The Bertz CT molecular complexity index is 1170. The van der Waals surface area contributed by atoms with Gasteiger partial charge in [0.2, 0.25) is 0 Å². The molecule has 1 heterocycles. The summed E-state index contributed by atoms with van der Waals surface area (Å²) in [5.41, 5.74) is 6.28. The van der Waals surface area contributed by atoms with Gasteiger partial charge in [-0.1, -0.05) is 45.0 Å². The zero-order chi connectivity index (χ0) is 24.5. The van der Waals surface area contributed by atoms with E-state index in [0.717, 1.165) is 48.1 Å². The van der Waals surface area contributed by atoms with E-state index in [1.807, 2.05) is 32.3 Å². The first kappa shape index (κ1) is 24.1. The van der Waals surface area contributed by atoms with Crippen LogP contribution in [0.2, 0.25) is 0 Å². The van der Waals surface area contributed by atoms with Gasteiger partial charge in [0.1, 0.15) is 0 Å². The largest absolute Gasteiger partial charge is 0.382 e. The second kappa shape index (κ2) is 9.65. The lowest BCUT2D eigenvalue weighted by Gasteiger charge is -2.31. The summed E-state index contributed by atoms with van der Waals surface area (Å²) in [6.07, 6.45) is 4.02. The lowest BCUT2D eigenvalue weighted by Crippen LogP contribution is -2.40. The second-order valence-corrected chi connectivity index (χ2v) is 10.9. The van der Waals surface area contributed by atoms with Crippen LogP contribution in [-0.4, -0.2) is 37.1 Å². The predicted molar refractivity (Wildman–Crippen MR) is 143 cm³/mol. The molecule has 0 unspecified atom stereocenters. The number of hydrogen-bond acceptors (Lipinski definition) is 4. The number of benzene rings is 2. The Morgan fingerprint density at radius 2 is 1.65 bits per heavy atom. The van der Waals surface area contributed by atoms with Crippen LogP contribution in [0.25, 0.3) is 10.9 Å². The van der Waals surface area contributed by atoms with Gasteiger partial charge in [-0.3, -0.25) is 9.78 Å². The molecule has 1 aromatic heterocycles. The van der Waals surface area contributed by atoms with Gasteiger partial charge in [-0.15, -0.1) is 0 Å². The van der Waals surface area contributed by atoms with Crippen molar-refractivity contribution in [3.8, 4) is 0 Å². The van der Waals surface area contributed by atoms with Gasteiger partial charge in [-0.05, 0) is 62.4 Å². The molecule has 0 spiro atoms. The normalized spacial score (nSPS) is 18.5. The fourth-order valence-corrected chi connectivity index (χ4v) is 4.78. The molecule has 1 amide bonds. The van der Waals surface area contributed by atoms with Crippen molar-refractivity contribution in [2.75, 3.05) is 24.3 Å². The van der Waals surface area contributed by atoms with Crippen molar-refractivity contribution in [1.82, 2.24) is 10.3 Å². The third-order valence-corrected chi connectivity index (χ3v) is 6.86. The van der Waals surface area contributed by atoms with Crippen molar-refractivity contribution >= 4 is 28.2 Å². The number of pyridine rings is 1. The highest BCUT2D eigenvalue weighted by Crippen LogP contribution is 2.31. The van der Waals surface area contributed by atoms with Gasteiger partial charge in [0, 0.05) is 59.6 Å². The third-order valence-electron chi connectivity index (χ3n) is 6.86. The van der Waals surface area contributed by atoms with E-state index in [9.17, 15) is 4.79 Å². The number of carbonyl (C=O) groups excluding carboxylic acids is 1. The smallest absolute Gasteiger partial charge is 0.251 e. The van der Waals surface area contributed by atoms with Crippen LogP contribution in [0.3, 0.4) is 0 Å². The van der Waals surface area contributed by atoms with E-state index in [0.29, 0.717) is 6.04 Å². The van der Waals surface area contributed by atoms with Crippen molar-refractivity contribution in [2.24, 2.45) is 0 Å². The fourth-order valence-electron chi connectivity index (χ4n) is 4.78. The Labute approximate surface area is 204 Å². The first-order valence-electron chi connectivity index (χ1n) is 12.4. The Hall–Kier alpha value is -3.08. The second-order valence-electron chi connectivity index (χ2n) is 10.9. The molecule has 1 aliphatic rings. The minimum atomic E-state index is -0.00910. The van der Waals surface area contributed by atoms with E-state index >= 15 is 0 Å². The molecule has 4 rings (SSSR count). The monoisotopic (exact) mass is 458 g/mol. The fraction of sp³-hybridized carbons (Fsp3) is 0.448. The standard InChI is InChI=1S/C29H38N4O/c1-19-11-12-20(17-26(19)33(5)6)28(34)31-22-15-13-21(14-16-22)30-25-18-27(29(2,3)4)32-24-10-8-7-9-23(24)25/h7-12,17-18,21-22H,13-16H2,1-6H3,(H,30,32)(H,31,34). The molecule has 34 heavy (non-hydrogen) atoms. The molecule has 2 N–H and O–H groups in total. The molecular formula is C29H38N4O. The summed E-state index contributed by atoms with van der Waals surface area (Å²) in [7, 11) is 4.02. The van der Waals surface area contributed by atoms with Crippen LogP contribution in [-0.2, 0) is 5.41 Å². The van der Waals surface area contributed by atoms with E-state index < -0.39 is 0 Å². The van der Waals surface area contributed by atoms with Gasteiger partial charge in [-0.25, -0.2) is 0 Å². The number of nitrogens with one attached hydrogen (secondary N) is 2.